The second-order valence-corrected chi connectivity index (χ2v) is 5.50. The van der Waals surface area contributed by atoms with Crippen molar-refractivity contribution in [1.29, 1.82) is 0 Å². The van der Waals surface area contributed by atoms with Gasteiger partial charge in [0.2, 0.25) is 5.91 Å². The zero-order valence-electron chi connectivity index (χ0n) is 11.6. The molecule has 1 fully saturated rings. The highest BCUT2D eigenvalue weighted by molar-refractivity contribution is 5.82. The molecule has 0 heterocycles. The number of carbonyl (C=O) groups excluding carboxylic acids is 1. The van der Waals surface area contributed by atoms with Crippen molar-refractivity contribution < 1.29 is 9.90 Å². The molecule has 0 saturated heterocycles. The molecular formula is C16H23NO2. The molecule has 0 spiro atoms. The van der Waals surface area contributed by atoms with Crippen molar-refractivity contribution in [1.82, 2.24) is 5.32 Å². The van der Waals surface area contributed by atoms with Crippen molar-refractivity contribution in [2.24, 2.45) is 5.41 Å². The average Bonchev–Trinajstić information content (AvgIpc) is 2.95. The van der Waals surface area contributed by atoms with Crippen molar-refractivity contribution in [3.05, 3.63) is 35.4 Å². The van der Waals surface area contributed by atoms with Gasteiger partial charge in [-0.3, -0.25) is 4.79 Å². The van der Waals surface area contributed by atoms with Gasteiger partial charge in [0.25, 0.3) is 0 Å². The zero-order chi connectivity index (χ0) is 13.7. The van der Waals surface area contributed by atoms with Gasteiger partial charge >= 0.3 is 0 Å². The van der Waals surface area contributed by atoms with E-state index in [4.69, 9.17) is 5.11 Å². The fourth-order valence-electron chi connectivity index (χ4n) is 2.93. The highest BCUT2D eigenvalue weighted by atomic mass is 16.3. The minimum Gasteiger partial charge on any atom is -0.392 e. The van der Waals surface area contributed by atoms with Crippen LogP contribution in [0.5, 0.6) is 0 Å². The minimum atomic E-state index is -0.120. The van der Waals surface area contributed by atoms with Gasteiger partial charge in [-0.25, -0.2) is 0 Å². The van der Waals surface area contributed by atoms with Gasteiger partial charge < -0.3 is 10.4 Å². The third-order valence-corrected chi connectivity index (χ3v) is 4.38. The molecule has 1 saturated carbocycles. The molecule has 0 unspecified atom stereocenters. The van der Waals surface area contributed by atoms with Crippen LogP contribution < -0.4 is 5.32 Å². The lowest BCUT2D eigenvalue weighted by Crippen LogP contribution is -2.38. The van der Waals surface area contributed by atoms with Crippen LogP contribution in [0.25, 0.3) is 0 Å². The summed E-state index contributed by atoms with van der Waals surface area (Å²) < 4.78 is 0. The smallest absolute Gasteiger partial charge is 0.226 e. The molecule has 104 valence electrons. The summed E-state index contributed by atoms with van der Waals surface area (Å²) in [5, 5.41) is 12.1. The number of hydrogen-bond acceptors (Lipinski definition) is 2. The fraction of sp³-hybridized carbons (Fsp3) is 0.562. The molecule has 0 atom stereocenters. The molecule has 3 nitrogen and oxygen atoms in total. The van der Waals surface area contributed by atoms with Gasteiger partial charge in [-0.2, -0.15) is 0 Å². The summed E-state index contributed by atoms with van der Waals surface area (Å²) in [5.74, 6) is 0.207. The average molecular weight is 261 g/mol. The largest absolute Gasteiger partial charge is 0.392 e. The summed E-state index contributed by atoms with van der Waals surface area (Å²) in [6.45, 7) is 2.75. The minimum absolute atomic E-state index is 0.0611. The molecule has 1 amide bonds. The van der Waals surface area contributed by atoms with E-state index in [9.17, 15) is 4.79 Å². The molecular weight excluding hydrogens is 238 g/mol. The Labute approximate surface area is 115 Å². The van der Waals surface area contributed by atoms with Crippen molar-refractivity contribution in [3.63, 3.8) is 0 Å². The van der Waals surface area contributed by atoms with Crippen molar-refractivity contribution >= 4 is 5.91 Å². The number of aliphatic hydroxyl groups is 1. The van der Waals surface area contributed by atoms with E-state index in [1.807, 2.05) is 24.3 Å². The van der Waals surface area contributed by atoms with E-state index in [2.05, 4.69) is 12.2 Å². The van der Waals surface area contributed by atoms with Crippen LogP contribution in [0, 0.1) is 5.41 Å². The lowest BCUT2D eigenvalue weighted by molar-refractivity contribution is -0.131. The van der Waals surface area contributed by atoms with Gasteiger partial charge in [0.1, 0.15) is 0 Å². The first-order valence-electron chi connectivity index (χ1n) is 7.17. The van der Waals surface area contributed by atoms with Gasteiger partial charge in [0.15, 0.2) is 0 Å². The quantitative estimate of drug-likeness (QED) is 0.856. The van der Waals surface area contributed by atoms with Crippen LogP contribution in [-0.2, 0) is 17.9 Å². The molecule has 2 rings (SSSR count). The van der Waals surface area contributed by atoms with Crippen LogP contribution in [0.2, 0.25) is 0 Å². The maximum absolute atomic E-state index is 12.3. The molecule has 0 aromatic heterocycles. The van der Waals surface area contributed by atoms with E-state index in [0.29, 0.717) is 6.54 Å². The van der Waals surface area contributed by atoms with Crippen LogP contribution in [0.15, 0.2) is 24.3 Å². The summed E-state index contributed by atoms with van der Waals surface area (Å²) >= 11 is 0. The maximum atomic E-state index is 12.3. The maximum Gasteiger partial charge on any atom is 0.226 e. The zero-order valence-corrected chi connectivity index (χ0v) is 11.6. The SMILES string of the molecule is CCC1(C(=O)NCc2ccc(CO)cc2)CCCC1. The molecule has 3 heteroatoms. The molecule has 19 heavy (non-hydrogen) atoms. The first-order chi connectivity index (χ1) is 9.20. The fourth-order valence-corrected chi connectivity index (χ4v) is 2.93. The van der Waals surface area contributed by atoms with E-state index in [1.165, 1.54) is 12.8 Å². The number of hydrogen-bond donors (Lipinski definition) is 2. The second-order valence-electron chi connectivity index (χ2n) is 5.50. The summed E-state index contributed by atoms with van der Waals surface area (Å²) in [5.41, 5.74) is 1.86. The Kier molecular flexibility index (Phi) is 4.59. The summed E-state index contributed by atoms with van der Waals surface area (Å²) in [6, 6.07) is 7.71. The van der Waals surface area contributed by atoms with Crippen molar-refractivity contribution in [2.75, 3.05) is 0 Å². The molecule has 0 aliphatic heterocycles. The third-order valence-electron chi connectivity index (χ3n) is 4.38. The van der Waals surface area contributed by atoms with Crippen LogP contribution in [0.4, 0.5) is 0 Å². The Hall–Kier alpha value is -1.35. The van der Waals surface area contributed by atoms with E-state index in [0.717, 1.165) is 30.4 Å². The number of benzene rings is 1. The number of amides is 1. The third kappa shape index (κ3) is 3.16. The lowest BCUT2D eigenvalue weighted by Gasteiger charge is -2.26. The first kappa shape index (κ1) is 14.1. The molecule has 1 aliphatic rings. The number of nitrogens with one attached hydrogen (secondary N) is 1. The van der Waals surface area contributed by atoms with Crippen LogP contribution in [0.3, 0.4) is 0 Å². The molecule has 1 aliphatic carbocycles. The van der Waals surface area contributed by atoms with Crippen LogP contribution >= 0.6 is 0 Å². The van der Waals surface area contributed by atoms with Crippen molar-refractivity contribution in [3.8, 4) is 0 Å². The van der Waals surface area contributed by atoms with Crippen LogP contribution in [0.1, 0.15) is 50.2 Å². The summed E-state index contributed by atoms with van der Waals surface area (Å²) in [4.78, 5) is 12.3. The Morgan fingerprint density at radius 2 is 1.79 bits per heavy atom. The highest BCUT2D eigenvalue weighted by Crippen LogP contribution is 2.41. The molecule has 0 bridgehead atoms. The monoisotopic (exact) mass is 261 g/mol. The number of carbonyl (C=O) groups is 1. The molecule has 0 radical (unpaired) electrons. The normalized spacial score (nSPS) is 17.4. The summed E-state index contributed by atoms with van der Waals surface area (Å²) in [6.07, 6.45) is 5.33. The van der Waals surface area contributed by atoms with Crippen molar-refractivity contribution in [2.45, 2.75) is 52.2 Å². The van der Waals surface area contributed by atoms with E-state index >= 15 is 0 Å². The van der Waals surface area contributed by atoms with E-state index in [-0.39, 0.29) is 17.9 Å². The number of aliphatic hydroxyl groups excluding tert-OH is 1. The van der Waals surface area contributed by atoms with Gasteiger partial charge in [0.05, 0.1) is 6.61 Å². The van der Waals surface area contributed by atoms with Crippen LogP contribution in [-0.4, -0.2) is 11.0 Å². The Balaban J connectivity index is 1.92. The Morgan fingerprint density at radius 1 is 1.21 bits per heavy atom. The lowest BCUT2D eigenvalue weighted by atomic mass is 9.82. The predicted molar refractivity (Wildman–Crippen MR) is 75.4 cm³/mol. The van der Waals surface area contributed by atoms with Gasteiger partial charge in [-0.05, 0) is 30.4 Å². The topological polar surface area (TPSA) is 49.3 Å². The standard InChI is InChI=1S/C16H23NO2/c1-2-16(9-3-4-10-16)15(19)17-11-13-5-7-14(12-18)8-6-13/h5-8,18H,2-4,9-12H2,1H3,(H,17,19). The molecule has 1 aromatic rings. The Morgan fingerprint density at radius 3 is 2.32 bits per heavy atom. The predicted octanol–water partition coefficient (Wildman–Crippen LogP) is 2.77. The van der Waals surface area contributed by atoms with E-state index < -0.39 is 0 Å². The molecule has 2 N–H and O–H groups in total. The first-order valence-corrected chi connectivity index (χ1v) is 7.17. The van der Waals surface area contributed by atoms with Gasteiger partial charge in [0, 0.05) is 12.0 Å². The second kappa shape index (κ2) is 6.20. The number of rotatable bonds is 5. The van der Waals surface area contributed by atoms with Gasteiger partial charge in [-0.15, -0.1) is 0 Å². The summed E-state index contributed by atoms with van der Waals surface area (Å²) in [7, 11) is 0. The molecule has 1 aromatic carbocycles. The van der Waals surface area contributed by atoms with Gasteiger partial charge in [-0.1, -0.05) is 44.0 Å². The Bertz CT molecular complexity index is 419. The van der Waals surface area contributed by atoms with E-state index in [1.54, 1.807) is 0 Å². The highest BCUT2D eigenvalue weighted by Gasteiger charge is 2.38.